The molecule has 0 aliphatic carbocycles. The molecule has 18 heavy (non-hydrogen) atoms. The molecular weight excluding hydrogens is 250 g/mol. The maximum atomic E-state index is 12.0. The fraction of sp³-hybridized carbons (Fsp3) is 0.583. The van der Waals surface area contributed by atoms with Crippen LogP contribution in [-0.2, 0) is 9.59 Å². The van der Waals surface area contributed by atoms with Crippen molar-refractivity contribution in [2.24, 2.45) is 11.8 Å². The SMILES string of the molecule is CC(C)CN1CC(C(=O)Nc2ccsn2)CC1=O. The highest BCUT2D eigenvalue weighted by Crippen LogP contribution is 2.20. The molecule has 0 saturated carbocycles. The van der Waals surface area contributed by atoms with Crippen LogP contribution in [0.5, 0.6) is 0 Å². The highest BCUT2D eigenvalue weighted by atomic mass is 32.1. The van der Waals surface area contributed by atoms with Gasteiger partial charge in [-0.3, -0.25) is 9.59 Å². The van der Waals surface area contributed by atoms with Crippen molar-refractivity contribution in [3.63, 3.8) is 0 Å². The van der Waals surface area contributed by atoms with E-state index in [1.54, 1.807) is 16.3 Å². The van der Waals surface area contributed by atoms with E-state index in [1.807, 2.05) is 0 Å². The summed E-state index contributed by atoms with van der Waals surface area (Å²) >= 11 is 1.29. The van der Waals surface area contributed by atoms with Gasteiger partial charge in [-0.25, -0.2) is 0 Å². The molecule has 2 rings (SSSR count). The van der Waals surface area contributed by atoms with Crippen LogP contribution in [0.1, 0.15) is 20.3 Å². The van der Waals surface area contributed by atoms with E-state index in [0.717, 1.165) is 6.54 Å². The smallest absolute Gasteiger partial charge is 0.230 e. The molecule has 1 aliphatic heterocycles. The second-order valence-corrected chi connectivity index (χ2v) is 5.63. The van der Waals surface area contributed by atoms with E-state index in [-0.39, 0.29) is 17.7 Å². The van der Waals surface area contributed by atoms with Crippen LogP contribution in [0.25, 0.3) is 0 Å². The number of carbonyl (C=O) groups excluding carboxylic acids is 2. The van der Waals surface area contributed by atoms with Gasteiger partial charge in [0.05, 0.1) is 5.92 Å². The molecule has 1 saturated heterocycles. The van der Waals surface area contributed by atoms with Gasteiger partial charge in [-0.05, 0) is 23.5 Å². The van der Waals surface area contributed by atoms with Gasteiger partial charge < -0.3 is 10.2 Å². The lowest BCUT2D eigenvalue weighted by molar-refractivity contribution is -0.128. The van der Waals surface area contributed by atoms with Gasteiger partial charge in [-0.1, -0.05) is 13.8 Å². The van der Waals surface area contributed by atoms with E-state index in [0.29, 0.717) is 24.7 Å². The van der Waals surface area contributed by atoms with Crippen molar-refractivity contribution in [1.82, 2.24) is 9.27 Å². The summed E-state index contributed by atoms with van der Waals surface area (Å²) in [5, 5.41) is 4.55. The van der Waals surface area contributed by atoms with Crippen LogP contribution in [0.15, 0.2) is 11.4 Å². The summed E-state index contributed by atoms with van der Waals surface area (Å²) in [6, 6.07) is 1.76. The molecule has 0 spiro atoms. The Bertz CT molecular complexity index is 431. The number of anilines is 1. The van der Waals surface area contributed by atoms with Gasteiger partial charge in [0, 0.05) is 24.9 Å². The summed E-state index contributed by atoms with van der Waals surface area (Å²) in [7, 11) is 0. The van der Waals surface area contributed by atoms with Crippen LogP contribution >= 0.6 is 11.5 Å². The molecule has 1 aliphatic rings. The summed E-state index contributed by atoms with van der Waals surface area (Å²) in [4.78, 5) is 25.5. The Labute approximate surface area is 110 Å². The summed E-state index contributed by atoms with van der Waals surface area (Å²) in [5.41, 5.74) is 0. The molecule has 5 nitrogen and oxygen atoms in total. The molecule has 1 unspecified atom stereocenters. The molecule has 98 valence electrons. The Morgan fingerprint density at radius 2 is 2.44 bits per heavy atom. The summed E-state index contributed by atoms with van der Waals surface area (Å²) < 4.78 is 4.03. The first-order valence-electron chi connectivity index (χ1n) is 6.05. The lowest BCUT2D eigenvalue weighted by Gasteiger charge is -2.18. The molecule has 1 atom stereocenters. The maximum absolute atomic E-state index is 12.0. The summed E-state index contributed by atoms with van der Waals surface area (Å²) in [6.07, 6.45) is 0.308. The van der Waals surface area contributed by atoms with Crippen molar-refractivity contribution in [1.29, 1.82) is 0 Å². The average Bonchev–Trinajstić information content (AvgIpc) is 2.89. The second kappa shape index (κ2) is 5.48. The van der Waals surface area contributed by atoms with Gasteiger partial charge >= 0.3 is 0 Å². The largest absolute Gasteiger partial charge is 0.342 e. The summed E-state index contributed by atoms with van der Waals surface area (Å²) in [5.74, 6) is 0.703. The van der Waals surface area contributed by atoms with Crippen LogP contribution < -0.4 is 5.32 Å². The van der Waals surface area contributed by atoms with Crippen LogP contribution in [-0.4, -0.2) is 34.2 Å². The molecule has 0 aromatic carbocycles. The summed E-state index contributed by atoms with van der Waals surface area (Å²) in [6.45, 7) is 5.37. The fourth-order valence-corrected chi connectivity index (χ4v) is 2.54. The number of hydrogen-bond donors (Lipinski definition) is 1. The van der Waals surface area contributed by atoms with Crippen LogP contribution in [0.3, 0.4) is 0 Å². The molecule has 0 bridgehead atoms. The first-order valence-corrected chi connectivity index (χ1v) is 6.89. The van der Waals surface area contributed by atoms with Gasteiger partial charge in [0.25, 0.3) is 0 Å². The predicted molar refractivity (Wildman–Crippen MR) is 70.3 cm³/mol. The quantitative estimate of drug-likeness (QED) is 0.901. The normalized spacial score (nSPS) is 19.6. The van der Waals surface area contributed by atoms with Gasteiger partial charge in [-0.15, -0.1) is 0 Å². The minimum Gasteiger partial charge on any atom is -0.342 e. The van der Waals surface area contributed by atoms with Crippen molar-refractivity contribution in [3.8, 4) is 0 Å². The van der Waals surface area contributed by atoms with Crippen molar-refractivity contribution >= 4 is 29.2 Å². The van der Waals surface area contributed by atoms with E-state index >= 15 is 0 Å². The number of hydrogen-bond acceptors (Lipinski definition) is 4. The van der Waals surface area contributed by atoms with E-state index in [2.05, 4.69) is 23.5 Å². The van der Waals surface area contributed by atoms with Gasteiger partial charge in [0.2, 0.25) is 11.8 Å². The topological polar surface area (TPSA) is 62.3 Å². The third-order valence-electron chi connectivity index (χ3n) is 2.86. The standard InChI is InChI=1S/C12H17N3O2S/c1-8(2)6-15-7-9(5-11(15)16)12(17)13-10-3-4-18-14-10/h3-4,8-9H,5-7H2,1-2H3,(H,13,14,17). The zero-order valence-corrected chi connectivity index (χ0v) is 11.4. The Morgan fingerprint density at radius 3 is 3.06 bits per heavy atom. The zero-order valence-electron chi connectivity index (χ0n) is 10.5. The minimum atomic E-state index is -0.252. The van der Waals surface area contributed by atoms with Crippen molar-refractivity contribution in [2.45, 2.75) is 20.3 Å². The third kappa shape index (κ3) is 3.07. The Morgan fingerprint density at radius 1 is 1.67 bits per heavy atom. The molecule has 1 aromatic heterocycles. The first kappa shape index (κ1) is 13.0. The number of carbonyl (C=O) groups is 2. The average molecular weight is 267 g/mol. The Hall–Kier alpha value is -1.43. The monoisotopic (exact) mass is 267 g/mol. The highest BCUT2D eigenvalue weighted by Gasteiger charge is 2.34. The maximum Gasteiger partial charge on any atom is 0.230 e. The van der Waals surface area contributed by atoms with Crippen molar-refractivity contribution in [2.75, 3.05) is 18.4 Å². The molecule has 6 heteroatoms. The highest BCUT2D eigenvalue weighted by molar-refractivity contribution is 7.03. The lowest BCUT2D eigenvalue weighted by atomic mass is 10.1. The van der Waals surface area contributed by atoms with E-state index in [4.69, 9.17) is 0 Å². The van der Waals surface area contributed by atoms with E-state index in [9.17, 15) is 9.59 Å². The second-order valence-electron chi connectivity index (χ2n) is 4.97. The number of aromatic nitrogens is 1. The molecular formula is C12H17N3O2S. The number of amides is 2. The third-order valence-corrected chi connectivity index (χ3v) is 3.42. The Kier molecular flexibility index (Phi) is 3.96. The van der Waals surface area contributed by atoms with Crippen LogP contribution in [0.2, 0.25) is 0 Å². The molecule has 1 fully saturated rings. The predicted octanol–water partition coefficient (Wildman–Crippen LogP) is 1.59. The zero-order chi connectivity index (χ0) is 13.1. The number of nitrogens with zero attached hydrogens (tertiary/aromatic N) is 2. The number of nitrogens with one attached hydrogen (secondary N) is 1. The first-order chi connectivity index (χ1) is 8.56. The van der Waals surface area contributed by atoms with Crippen LogP contribution in [0.4, 0.5) is 5.82 Å². The Balaban J connectivity index is 1.91. The van der Waals surface area contributed by atoms with E-state index in [1.165, 1.54) is 11.5 Å². The molecule has 2 heterocycles. The minimum absolute atomic E-state index is 0.0714. The number of likely N-dealkylation sites (tertiary alicyclic amines) is 1. The van der Waals surface area contributed by atoms with E-state index < -0.39 is 0 Å². The van der Waals surface area contributed by atoms with Gasteiger partial charge in [0.1, 0.15) is 5.82 Å². The number of rotatable bonds is 4. The molecule has 0 radical (unpaired) electrons. The van der Waals surface area contributed by atoms with Gasteiger partial charge in [0.15, 0.2) is 0 Å². The lowest BCUT2D eigenvalue weighted by Crippen LogP contribution is -2.31. The van der Waals surface area contributed by atoms with Crippen molar-refractivity contribution in [3.05, 3.63) is 11.4 Å². The van der Waals surface area contributed by atoms with Gasteiger partial charge in [-0.2, -0.15) is 4.37 Å². The molecule has 1 N–H and O–H groups in total. The molecule has 2 amide bonds. The fourth-order valence-electron chi connectivity index (χ4n) is 2.07. The van der Waals surface area contributed by atoms with Crippen LogP contribution in [0, 0.1) is 11.8 Å². The van der Waals surface area contributed by atoms with Crippen molar-refractivity contribution < 1.29 is 9.59 Å². The molecule has 1 aromatic rings.